The zero-order valence-electron chi connectivity index (χ0n) is 5.96. The zero-order valence-corrected chi connectivity index (χ0v) is 5.96. The smallest absolute Gasteiger partial charge is 0.0841 e. The first-order valence-corrected chi connectivity index (χ1v) is 2.82. The van der Waals surface area contributed by atoms with Crippen molar-refractivity contribution in [3.05, 3.63) is 0 Å². The van der Waals surface area contributed by atoms with Gasteiger partial charge in [-0.2, -0.15) is 10.5 Å². The summed E-state index contributed by atoms with van der Waals surface area (Å²) >= 11 is 0. The van der Waals surface area contributed by atoms with E-state index in [-0.39, 0.29) is 6.61 Å². The molecule has 2 N–H and O–H groups in total. The number of aliphatic hydroxyl groups excluding tert-OH is 1. The molecular weight excluding hydrogens is 130 g/mol. The van der Waals surface area contributed by atoms with Crippen LogP contribution in [0.2, 0.25) is 0 Å². The number of nitrogens with zero attached hydrogens (tertiary/aromatic N) is 2. The summed E-state index contributed by atoms with van der Waals surface area (Å²) in [5.74, 6) is 0. The molecule has 0 bridgehead atoms. The lowest BCUT2D eigenvalue weighted by Crippen LogP contribution is -2.17. The second-order valence-electron chi connectivity index (χ2n) is 1.28. The molecule has 4 heteroatoms. The van der Waals surface area contributed by atoms with Crippen molar-refractivity contribution in [3.63, 3.8) is 0 Å². The Labute approximate surface area is 60.7 Å². The van der Waals surface area contributed by atoms with Gasteiger partial charge >= 0.3 is 0 Å². The van der Waals surface area contributed by atoms with Crippen molar-refractivity contribution in [2.45, 2.75) is 6.92 Å². The quantitative estimate of drug-likeness (QED) is 0.415. The number of hydrogen-bond donors (Lipinski definition) is 2. The fourth-order valence-corrected chi connectivity index (χ4v) is 0.223. The number of hydrogen-bond acceptors (Lipinski definition) is 4. The molecular formula is C6H11N3O. The lowest BCUT2D eigenvalue weighted by Gasteiger charge is -1.89. The van der Waals surface area contributed by atoms with Gasteiger partial charge < -0.3 is 10.4 Å². The van der Waals surface area contributed by atoms with Crippen LogP contribution in [-0.4, -0.2) is 24.8 Å². The van der Waals surface area contributed by atoms with Crippen LogP contribution in [-0.2, 0) is 0 Å². The van der Waals surface area contributed by atoms with E-state index >= 15 is 0 Å². The van der Waals surface area contributed by atoms with Gasteiger partial charge in [-0.3, -0.25) is 0 Å². The molecule has 0 aliphatic rings. The molecule has 10 heavy (non-hydrogen) atoms. The third kappa shape index (κ3) is 28.6. The molecule has 0 aromatic carbocycles. The van der Waals surface area contributed by atoms with Gasteiger partial charge in [0.05, 0.1) is 25.3 Å². The van der Waals surface area contributed by atoms with Crippen molar-refractivity contribution in [1.29, 1.82) is 10.5 Å². The summed E-state index contributed by atoms with van der Waals surface area (Å²) in [6, 6.07) is 3.63. The summed E-state index contributed by atoms with van der Waals surface area (Å²) in [7, 11) is 0. The van der Waals surface area contributed by atoms with E-state index < -0.39 is 0 Å². The monoisotopic (exact) mass is 141 g/mol. The SMILES string of the molecule is CC#N.N#CCNCCO. The maximum Gasteiger partial charge on any atom is 0.0841 e. The van der Waals surface area contributed by atoms with Crippen LogP contribution < -0.4 is 5.32 Å². The standard InChI is InChI=1S/C4H8N2O.C2H3N/c5-1-2-6-3-4-7;1-2-3/h6-7H,2-4H2;1H3. The Morgan fingerprint density at radius 2 is 2.00 bits per heavy atom. The van der Waals surface area contributed by atoms with Crippen molar-refractivity contribution in [3.8, 4) is 12.1 Å². The van der Waals surface area contributed by atoms with Gasteiger partial charge in [0.1, 0.15) is 0 Å². The Kier molecular flexibility index (Phi) is 18.3. The van der Waals surface area contributed by atoms with Gasteiger partial charge in [-0.25, -0.2) is 0 Å². The Bertz CT molecular complexity index is 122. The fourth-order valence-electron chi connectivity index (χ4n) is 0.223. The Morgan fingerprint density at radius 3 is 2.30 bits per heavy atom. The molecule has 0 atom stereocenters. The Morgan fingerprint density at radius 1 is 1.50 bits per heavy atom. The van der Waals surface area contributed by atoms with Gasteiger partial charge in [0.2, 0.25) is 0 Å². The summed E-state index contributed by atoms with van der Waals surface area (Å²) in [4.78, 5) is 0. The third-order valence-corrected chi connectivity index (χ3v) is 0.493. The van der Waals surface area contributed by atoms with E-state index in [0.29, 0.717) is 13.1 Å². The first kappa shape index (κ1) is 11.7. The molecule has 0 unspecified atom stereocenters. The van der Waals surface area contributed by atoms with Crippen LogP contribution >= 0.6 is 0 Å². The molecule has 0 aromatic heterocycles. The lowest BCUT2D eigenvalue weighted by atomic mass is 10.6. The Balaban J connectivity index is 0. The number of aliphatic hydroxyl groups is 1. The highest BCUT2D eigenvalue weighted by molar-refractivity contribution is 4.71. The van der Waals surface area contributed by atoms with Crippen LogP contribution in [0, 0.1) is 22.7 Å². The summed E-state index contributed by atoms with van der Waals surface area (Å²) in [6.45, 7) is 2.36. The number of rotatable bonds is 3. The molecule has 0 saturated heterocycles. The first-order chi connectivity index (χ1) is 4.83. The Hall–Kier alpha value is -1.10. The lowest BCUT2D eigenvalue weighted by molar-refractivity contribution is 0.295. The van der Waals surface area contributed by atoms with Crippen molar-refractivity contribution < 1.29 is 5.11 Å². The third-order valence-electron chi connectivity index (χ3n) is 0.493. The van der Waals surface area contributed by atoms with Gasteiger partial charge in [0.25, 0.3) is 0 Å². The van der Waals surface area contributed by atoms with Crippen LogP contribution in [0.1, 0.15) is 6.92 Å². The average Bonchev–Trinajstić information content (AvgIpc) is 1.91. The van der Waals surface area contributed by atoms with Gasteiger partial charge in [-0.15, -0.1) is 0 Å². The fraction of sp³-hybridized carbons (Fsp3) is 0.667. The van der Waals surface area contributed by atoms with E-state index in [1.807, 2.05) is 6.07 Å². The maximum atomic E-state index is 8.12. The van der Waals surface area contributed by atoms with E-state index in [4.69, 9.17) is 15.6 Å². The van der Waals surface area contributed by atoms with Crippen LogP contribution in [0.25, 0.3) is 0 Å². The summed E-state index contributed by atoms with van der Waals surface area (Å²) in [5, 5.41) is 26.0. The summed E-state index contributed by atoms with van der Waals surface area (Å²) < 4.78 is 0. The highest BCUT2D eigenvalue weighted by Crippen LogP contribution is 1.52. The van der Waals surface area contributed by atoms with E-state index in [2.05, 4.69) is 5.32 Å². The maximum absolute atomic E-state index is 8.12. The molecule has 0 aliphatic carbocycles. The van der Waals surface area contributed by atoms with Gasteiger partial charge in [-0.05, 0) is 0 Å². The summed E-state index contributed by atoms with van der Waals surface area (Å²) in [5.41, 5.74) is 0. The predicted octanol–water partition coefficient (Wildman–Crippen LogP) is -0.378. The average molecular weight is 141 g/mol. The first-order valence-electron chi connectivity index (χ1n) is 2.82. The van der Waals surface area contributed by atoms with Crippen LogP contribution in [0.3, 0.4) is 0 Å². The van der Waals surface area contributed by atoms with Crippen molar-refractivity contribution in [1.82, 2.24) is 5.32 Å². The van der Waals surface area contributed by atoms with Crippen LogP contribution in [0.4, 0.5) is 0 Å². The normalized spacial score (nSPS) is 6.40. The van der Waals surface area contributed by atoms with E-state index in [1.165, 1.54) is 6.92 Å². The molecule has 56 valence electrons. The molecule has 0 spiro atoms. The predicted molar refractivity (Wildman–Crippen MR) is 36.9 cm³/mol. The number of nitrogens with one attached hydrogen (secondary N) is 1. The molecule has 0 saturated carbocycles. The topological polar surface area (TPSA) is 79.8 Å². The molecule has 0 radical (unpaired) electrons. The second-order valence-corrected chi connectivity index (χ2v) is 1.28. The summed E-state index contributed by atoms with van der Waals surface area (Å²) in [6.07, 6.45) is 0. The largest absolute Gasteiger partial charge is 0.395 e. The highest BCUT2D eigenvalue weighted by Gasteiger charge is 1.76. The van der Waals surface area contributed by atoms with Crippen LogP contribution in [0.5, 0.6) is 0 Å². The van der Waals surface area contributed by atoms with Crippen molar-refractivity contribution >= 4 is 0 Å². The molecule has 0 rings (SSSR count). The molecule has 0 heterocycles. The molecule has 4 nitrogen and oxygen atoms in total. The molecule has 0 aromatic rings. The van der Waals surface area contributed by atoms with Gasteiger partial charge in [0.15, 0.2) is 0 Å². The number of nitriles is 2. The van der Waals surface area contributed by atoms with E-state index in [0.717, 1.165) is 0 Å². The zero-order chi connectivity index (χ0) is 8.24. The van der Waals surface area contributed by atoms with Gasteiger partial charge in [-0.1, -0.05) is 0 Å². The minimum Gasteiger partial charge on any atom is -0.395 e. The highest BCUT2D eigenvalue weighted by atomic mass is 16.3. The van der Waals surface area contributed by atoms with Crippen molar-refractivity contribution in [2.75, 3.05) is 19.7 Å². The second kappa shape index (κ2) is 15.7. The molecule has 0 fully saturated rings. The van der Waals surface area contributed by atoms with Crippen LogP contribution in [0.15, 0.2) is 0 Å². The van der Waals surface area contributed by atoms with E-state index in [1.54, 1.807) is 6.07 Å². The minimum atomic E-state index is 0.0989. The van der Waals surface area contributed by atoms with Crippen molar-refractivity contribution in [2.24, 2.45) is 0 Å². The molecule has 0 amide bonds. The minimum absolute atomic E-state index is 0.0989. The molecule has 0 aliphatic heterocycles. The van der Waals surface area contributed by atoms with E-state index in [9.17, 15) is 0 Å². The van der Waals surface area contributed by atoms with Gasteiger partial charge in [0, 0.05) is 13.5 Å².